The number of fused-ring (bicyclic) bond motifs is 1. The molecule has 35 heavy (non-hydrogen) atoms. The summed E-state index contributed by atoms with van der Waals surface area (Å²) in [5.41, 5.74) is 1.81. The molecule has 1 fully saturated rings. The van der Waals surface area contributed by atoms with Crippen LogP contribution in [0.3, 0.4) is 0 Å². The minimum Gasteiger partial charge on any atom is -0.433 e. The second-order valence-corrected chi connectivity index (χ2v) is 9.44. The molecule has 2 aromatic carbocycles. The number of para-hydroxylation sites is 1. The monoisotopic (exact) mass is 501 g/mol. The molecule has 0 bridgehead atoms. The highest BCUT2D eigenvalue weighted by atomic mass is 32.2. The number of hydrogen-bond acceptors (Lipinski definition) is 9. The molecule has 2 N–H and O–H groups in total. The average Bonchev–Trinajstić information content (AvgIpc) is 3.29. The first kappa shape index (κ1) is 22.9. The van der Waals surface area contributed by atoms with Gasteiger partial charge in [-0.05, 0) is 36.4 Å². The summed E-state index contributed by atoms with van der Waals surface area (Å²) in [5, 5.41) is 10.7. The number of aromatic nitrogens is 4. The van der Waals surface area contributed by atoms with Crippen molar-refractivity contribution in [3.63, 3.8) is 0 Å². The van der Waals surface area contributed by atoms with Gasteiger partial charge in [0.1, 0.15) is 10.6 Å². The number of nitrogens with one attached hydrogen (secondary N) is 2. The third kappa shape index (κ3) is 4.72. The van der Waals surface area contributed by atoms with Gasteiger partial charge < -0.3 is 20.3 Å². The first-order valence-electron chi connectivity index (χ1n) is 10.7. The summed E-state index contributed by atoms with van der Waals surface area (Å²) in [6.45, 7) is 0.538. The van der Waals surface area contributed by atoms with Crippen molar-refractivity contribution in [1.29, 1.82) is 0 Å². The quantitative estimate of drug-likeness (QED) is 0.395. The standard InChI is InChI=1S/C22H21F2N7O3S/c23-21(24)34-18-3-1-2-4-19(18)35(32,33)31-20-15(14-27-31)13-26-22(29-20)28-16-5-7-17(8-6-16)30-11-9-25-10-12-30/h1-8,13-14,21,25H,9-12H2,(H,26,28,29). The zero-order valence-corrected chi connectivity index (χ0v) is 19.1. The highest BCUT2D eigenvalue weighted by Gasteiger charge is 2.26. The van der Waals surface area contributed by atoms with Crippen molar-refractivity contribution in [2.45, 2.75) is 11.5 Å². The molecule has 1 aliphatic heterocycles. The molecule has 0 amide bonds. The Morgan fingerprint density at radius 3 is 2.51 bits per heavy atom. The van der Waals surface area contributed by atoms with Crippen molar-refractivity contribution >= 4 is 38.4 Å². The molecule has 0 atom stereocenters. The van der Waals surface area contributed by atoms with Crippen molar-refractivity contribution in [1.82, 2.24) is 24.5 Å². The van der Waals surface area contributed by atoms with E-state index in [2.05, 4.69) is 35.3 Å². The molecule has 0 unspecified atom stereocenters. The lowest BCUT2D eigenvalue weighted by Crippen LogP contribution is -2.43. The molecule has 5 rings (SSSR count). The van der Waals surface area contributed by atoms with Crippen molar-refractivity contribution < 1.29 is 21.9 Å². The molecule has 2 aromatic heterocycles. The van der Waals surface area contributed by atoms with Crippen LogP contribution in [0.2, 0.25) is 0 Å². The van der Waals surface area contributed by atoms with E-state index in [0.717, 1.165) is 37.9 Å². The van der Waals surface area contributed by atoms with Gasteiger partial charge in [-0.1, -0.05) is 12.1 Å². The highest BCUT2D eigenvalue weighted by Crippen LogP contribution is 2.29. The fourth-order valence-electron chi connectivity index (χ4n) is 3.79. The van der Waals surface area contributed by atoms with Crippen LogP contribution < -0.4 is 20.3 Å². The molecule has 0 spiro atoms. The maximum absolute atomic E-state index is 13.3. The minimum absolute atomic E-state index is 0.00760. The lowest BCUT2D eigenvalue weighted by Gasteiger charge is -2.29. The molecule has 0 aliphatic carbocycles. The normalized spacial score (nSPS) is 14.4. The zero-order valence-electron chi connectivity index (χ0n) is 18.3. The molecule has 0 saturated carbocycles. The van der Waals surface area contributed by atoms with E-state index in [0.29, 0.717) is 15.2 Å². The van der Waals surface area contributed by atoms with E-state index in [-0.39, 0.29) is 11.6 Å². The highest BCUT2D eigenvalue weighted by molar-refractivity contribution is 7.90. The number of hydrogen-bond donors (Lipinski definition) is 2. The van der Waals surface area contributed by atoms with Gasteiger partial charge in [0, 0.05) is 43.8 Å². The van der Waals surface area contributed by atoms with E-state index < -0.39 is 27.3 Å². The first-order chi connectivity index (χ1) is 16.9. The van der Waals surface area contributed by atoms with E-state index >= 15 is 0 Å². The third-order valence-corrected chi connectivity index (χ3v) is 7.07. The van der Waals surface area contributed by atoms with Gasteiger partial charge in [-0.2, -0.15) is 27.3 Å². The van der Waals surface area contributed by atoms with Crippen LogP contribution in [-0.4, -0.2) is 60.4 Å². The topological polar surface area (TPSA) is 114 Å². The van der Waals surface area contributed by atoms with Crippen LogP contribution in [0.15, 0.2) is 65.8 Å². The average molecular weight is 502 g/mol. The lowest BCUT2D eigenvalue weighted by molar-refractivity contribution is -0.0517. The predicted octanol–water partition coefficient (Wildman–Crippen LogP) is 2.82. The van der Waals surface area contributed by atoms with Crippen LogP contribution in [0.5, 0.6) is 5.75 Å². The fourth-order valence-corrected chi connectivity index (χ4v) is 5.14. The van der Waals surface area contributed by atoms with E-state index in [1.165, 1.54) is 30.6 Å². The van der Waals surface area contributed by atoms with E-state index in [1.807, 2.05) is 24.3 Å². The second kappa shape index (κ2) is 9.43. The summed E-state index contributed by atoms with van der Waals surface area (Å²) in [7, 11) is -4.39. The van der Waals surface area contributed by atoms with Crippen LogP contribution in [0.25, 0.3) is 11.0 Å². The van der Waals surface area contributed by atoms with Crippen LogP contribution in [-0.2, 0) is 10.0 Å². The molecular formula is C22H21F2N7O3S. The summed E-state index contributed by atoms with van der Waals surface area (Å²) in [6.07, 6.45) is 2.72. The molecule has 3 heterocycles. The predicted molar refractivity (Wildman–Crippen MR) is 126 cm³/mol. The van der Waals surface area contributed by atoms with Gasteiger partial charge in [-0.3, -0.25) is 0 Å². The molecule has 182 valence electrons. The van der Waals surface area contributed by atoms with Crippen LogP contribution >= 0.6 is 0 Å². The van der Waals surface area contributed by atoms with Crippen molar-refractivity contribution in [3.8, 4) is 5.75 Å². The van der Waals surface area contributed by atoms with Crippen LogP contribution in [0.1, 0.15) is 0 Å². The Morgan fingerprint density at radius 2 is 1.77 bits per heavy atom. The van der Waals surface area contributed by atoms with Crippen molar-refractivity contribution in [2.75, 3.05) is 36.4 Å². The zero-order chi connectivity index (χ0) is 24.4. The number of benzene rings is 2. The molecule has 1 saturated heterocycles. The number of alkyl halides is 2. The number of piperazine rings is 1. The lowest BCUT2D eigenvalue weighted by atomic mass is 10.2. The largest absolute Gasteiger partial charge is 0.433 e. The maximum atomic E-state index is 13.3. The Bertz CT molecular complexity index is 1440. The summed E-state index contributed by atoms with van der Waals surface area (Å²) >= 11 is 0. The first-order valence-corrected chi connectivity index (χ1v) is 12.2. The molecule has 4 aromatic rings. The van der Waals surface area contributed by atoms with Crippen LogP contribution in [0, 0.1) is 0 Å². The van der Waals surface area contributed by atoms with Gasteiger partial charge in [-0.25, -0.2) is 4.98 Å². The Labute approximate surface area is 199 Å². The number of rotatable bonds is 7. The molecule has 10 nitrogen and oxygen atoms in total. The van der Waals surface area contributed by atoms with E-state index in [4.69, 9.17) is 0 Å². The minimum atomic E-state index is -4.39. The SMILES string of the molecule is O=S(=O)(c1ccccc1OC(F)F)n1ncc2cnc(Nc3ccc(N4CCNCC4)cc3)nc21. The summed E-state index contributed by atoms with van der Waals surface area (Å²) in [5.74, 6) is -0.329. The summed E-state index contributed by atoms with van der Waals surface area (Å²) in [6, 6.07) is 12.9. The van der Waals surface area contributed by atoms with E-state index in [1.54, 1.807) is 0 Å². The molecule has 0 radical (unpaired) electrons. The molecular weight excluding hydrogens is 480 g/mol. The fraction of sp³-hybridized carbons (Fsp3) is 0.227. The number of anilines is 3. The van der Waals surface area contributed by atoms with Crippen LogP contribution in [0.4, 0.5) is 26.1 Å². The number of nitrogens with zero attached hydrogens (tertiary/aromatic N) is 5. The number of halogens is 2. The summed E-state index contributed by atoms with van der Waals surface area (Å²) in [4.78, 5) is 10.4. The molecule has 13 heteroatoms. The van der Waals surface area contributed by atoms with Gasteiger partial charge in [0.25, 0.3) is 10.0 Å². The summed E-state index contributed by atoms with van der Waals surface area (Å²) < 4.78 is 57.2. The van der Waals surface area contributed by atoms with Gasteiger partial charge in [0.05, 0.1) is 11.6 Å². The van der Waals surface area contributed by atoms with Gasteiger partial charge in [-0.15, -0.1) is 4.09 Å². The third-order valence-electron chi connectivity index (χ3n) is 5.46. The Kier molecular flexibility index (Phi) is 6.17. The number of ether oxygens (including phenoxy) is 1. The van der Waals surface area contributed by atoms with Gasteiger partial charge in [0.15, 0.2) is 5.65 Å². The van der Waals surface area contributed by atoms with Gasteiger partial charge >= 0.3 is 6.61 Å². The van der Waals surface area contributed by atoms with E-state index in [9.17, 15) is 17.2 Å². The molecule has 1 aliphatic rings. The maximum Gasteiger partial charge on any atom is 0.387 e. The smallest absolute Gasteiger partial charge is 0.387 e. The Hall–Kier alpha value is -3.84. The van der Waals surface area contributed by atoms with Crippen molar-refractivity contribution in [2.24, 2.45) is 0 Å². The van der Waals surface area contributed by atoms with Crippen molar-refractivity contribution in [3.05, 3.63) is 60.9 Å². The Morgan fingerprint density at radius 1 is 1.03 bits per heavy atom. The Balaban J connectivity index is 1.43. The second-order valence-electron chi connectivity index (χ2n) is 7.70. The van der Waals surface area contributed by atoms with Gasteiger partial charge in [0.2, 0.25) is 5.95 Å².